The van der Waals surface area contributed by atoms with Gasteiger partial charge in [0.1, 0.15) is 11.6 Å². The average molecular weight is 346 g/mol. The van der Waals surface area contributed by atoms with Crippen LogP contribution in [0.15, 0.2) is 6.07 Å². The molecule has 0 radical (unpaired) electrons. The highest BCUT2D eigenvalue weighted by Crippen LogP contribution is 2.27. The van der Waals surface area contributed by atoms with E-state index in [0.717, 1.165) is 48.4 Å². The summed E-state index contributed by atoms with van der Waals surface area (Å²) in [5, 5.41) is 22.2. The second-order valence-corrected chi connectivity index (χ2v) is 7.53. The molecule has 0 saturated carbocycles. The van der Waals surface area contributed by atoms with Gasteiger partial charge in [-0.2, -0.15) is 5.10 Å². The van der Waals surface area contributed by atoms with E-state index in [4.69, 9.17) is 4.74 Å². The molecule has 4 rings (SSSR count). The molecule has 2 aromatic rings. The van der Waals surface area contributed by atoms with Gasteiger partial charge in [-0.3, -0.25) is 0 Å². The van der Waals surface area contributed by atoms with Crippen LogP contribution in [0, 0.1) is 5.92 Å². The van der Waals surface area contributed by atoms with Crippen molar-refractivity contribution in [3.63, 3.8) is 0 Å². The zero-order valence-corrected chi connectivity index (χ0v) is 14.7. The number of hydrogen-bond acceptors (Lipinski definition) is 8. The van der Waals surface area contributed by atoms with Crippen LogP contribution in [-0.2, 0) is 24.2 Å². The Hall–Kier alpha value is -1.80. The first-order valence-electron chi connectivity index (χ1n) is 8.47. The number of hydrogen-bond donors (Lipinski definition) is 1. The summed E-state index contributed by atoms with van der Waals surface area (Å²) in [4.78, 5) is 2.31. The number of nitrogens with one attached hydrogen (secondary N) is 1. The monoisotopic (exact) mass is 346 g/mol. The third kappa shape index (κ3) is 3.34. The van der Waals surface area contributed by atoms with Crippen molar-refractivity contribution in [2.45, 2.75) is 32.3 Å². The Kier molecular flexibility index (Phi) is 4.57. The van der Waals surface area contributed by atoms with Gasteiger partial charge in [-0.25, -0.2) is 0 Å². The number of aromatic nitrogens is 4. The molecule has 0 bridgehead atoms. The lowest BCUT2D eigenvalue weighted by Gasteiger charge is -2.40. The van der Waals surface area contributed by atoms with Gasteiger partial charge in [-0.05, 0) is 37.3 Å². The molecular weight excluding hydrogens is 324 g/mol. The number of methoxy groups -OCH3 is 1. The standard InChI is InChI=1S/C16H22N6OS/c1-23-10-15-20-21-16(24-15)17-7-11-8-22(9-11)14-6-12-4-2-3-5-13(12)18-19-14/h6,11H,2-5,7-10H2,1H3,(H,17,21). The SMILES string of the molecule is COCc1nnc(NCC2CN(c3cc4c(nn3)CCCC4)C2)s1. The summed E-state index contributed by atoms with van der Waals surface area (Å²) in [7, 11) is 1.67. The molecule has 7 nitrogen and oxygen atoms in total. The fourth-order valence-electron chi connectivity index (χ4n) is 3.26. The lowest BCUT2D eigenvalue weighted by molar-refractivity contribution is 0.184. The quantitative estimate of drug-likeness (QED) is 0.856. The molecule has 0 spiro atoms. The van der Waals surface area contributed by atoms with E-state index in [1.54, 1.807) is 18.4 Å². The largest absolute Gasteiger partial charge is 0.377 e. The minimum Gasteiger partial charge on any atom is -0.377 e. The summed E-state index contributed by atoms with van der Waals surface area (Å²) in [5.41, 5.74) is 2.60. The highest BCUT2D eigenvalue weighted by Gasteiger charge is 2.28. The van der Waals surface area contributed by atoms with Crippen molar-refractivity contribution in [3.05, 3.63) is 22.3 Å². The van der Waals surface area contributed by atoms with Crippen LogP contribution < -0.4 is 10.2 Å². The molecule has 2 aliphatic rings. The molecule has 1 fully saturated rings. The summed E-state index contributed by atoms with van der Waals surface area (Å²) in [6.07, 6.45) is 4.76. The lowest BCUT2D eigenvalue weighted by atomic mass is 9.95. The molecule has 2 aromatic heterocycles. The molecular formula is C16H22N6OS. The molecule has 3 heterocycles. The van der Waals surface area contributed by atoms with E-state index in [-0.39, 0.29) is 0 Å². The van der Waals surface area contributed by atoms with Crippen LogP contribution in [0.4, 0.5) is 10.9 Å². The van der Waals surface area contributed by atoms with Crippen LogP contribution in [-0.4, -0.2) is 47.1 Å². The van der Waals surface area contributed by atoms with Crippen molar-refractivity contribution in [2.75, 3.05) is 37.0 Å². The predicted octanol–water partition coefficient (Wildman–Crippen LogP) is 1.90. The fourth-order valence-corrected chi connectivity index (χ4v) is 3.98. The van der Waals surface area contributed by atoms with Crippen LogP contribution in [0.25, 0.3) is 0 Å². The maximum absolute atomic E-state index is 5.06. The molecule has 0 amide bonds. The zero-order valence-electron chi connectivity index (χ0n) is 13.9. The van der Waals surface area contributed by atoms with Gasteiger partial charge in [-0.15, -0.1) is 15.3 Å². The normalized spacial score (nSPS) is 17.5. The Balaban J connectivity index is 1.27. The zero-order chi connectivity index (χ0) is 16.4. The van der Waals surface area contributed by atoms with Gasteiger partial charge in [0.15, 0.2) is 5.82 Å². The van der Waals surface area contributed by atoms with Crippen molar-refractivity contribution < 1.29 is 4.74 Å². The maximum atomic E-state index is 5.06. The van der Waals surface area contributed by atoms with E-state index in [1.807, 2.05) is 0 Å². The topological polar surface area (TPSA) is 76.1 Å². The third-order valence-corrected chi connectivity index (χ3v) is 5.47. The second-order valence-electron chi connectivity index (χ2n) is 6.47. The maximum Gasteiger partial charge on any atom is 0.205 e. The number of nitrogens with zero attached hydrogens (tertiary/aromatic N) is 5. The van der Waals surface area contributed by atoms with Crippen molar-refractivity contribution in [3.8, 4) is 0 Å². The first-order valence-corrected chi connectivity index (χ1v) is 9.29. The Morgan fingerprint density at radius 1 is 1.21 bits per heavy atom. The Labute approximate surface area is 145 Å². The predicted molar refractivity (Wildman–Crippen MR) is 93.5 cm³/mol. The number of anilines is 2. The summed E-state index contributed by atoms with van der Waals surface area (Å²) in [6.45, 7) is 3.47. The molecule has 24 heavy (non-hydrogen) atoms. The fraction of sp³-hybridized carbons (Fsp3) is 0.625. The van der Waals surface area contributed by atoms with Crippen molar-refractivity contribution in [1.82, 2.24) is 20.4 Å². The van der Waals surface area contributed by atoms with Gasteiger partial charge in [0.2, 0.25) is 5.13 Å². The van der Waals surface area contributed by atoms with Gasteiger partial charge < -0.3 is 15.0 Å². The number of fused-ring (bicyclic) bond motifs is 1. The van der Waals surface area contributed by atoms with E-state index in [9.17, 15) is 0 Å². The summed E-state index contributed by atoms with van der Waals surface area (Å²) < 4.78 is 5.06. The van der Waals surface area contributed by atoms with Crippen LogP contribution in [0.2, 0.25) is 0 Å². The van der Waals surface area contributed by atoms with Crippen molar-refractivity contribution in [2.24, 2.45) is 5.92 Å². The third-order valence-electron chi connectivity index (χ3n) is 4.61. The average Bonchev–Trinajstić information content (AvgIpc) is 3.01. The smallest absolute Gasteiger partial charge is 0.205 e. The van der Waals surface area contributed by atoms with E-state index in [1.165, 1.54) is 24.1 Å². The summed E-state index contributed by atoms with van der Waals surface area (Å²) in [5.74, 6) is 1.64. The van der Waals surface area contributed by atoms with E-state index < -0.39 is 0 Å². The molecule has 0 atom stereocenters. The van der Waals surface area contributed by atoms with Crippen LogP contribution in [0.5, 0.6) is 0 Å². The van der Waals surface area contributed by atoms with Crippen molar-refractivity contribution >= 4 is 22.3 Å². The number of ether oxygens (including phenoxy) is 1. The van der Waals surface area contributed by atoms with E-state index >= 15 is 0 Å². The van der Waals surface area contributed by atoms with Gasteiger partial charge in [0.05, 0.1) is 5.69 Å². The highest BCUT2D eigenvalue weighted by atomic mass is 32.1. The van der Waals surface area contributed by atoms with Gasteiger partial charge >= 0.3 is 0 Å². The molecule has 1 aliphatic heterocycles. The Bertz CT molecular complexity index is 700. The van der Waals surface area contributed by atoms with Crippen molar-refractivity contribution in [1.29, 1.82) is 0 Å². The first kappa shape index (κ1) is 15.7. The number of rotatable bonds is 6. The molecule has 1 aliphatic carbocycles. The Morgan fingerprint density at radius 2 is 2.08 bits per heavy atom. The van der Waals surface area contributed by atoms with Crippen LogP contribution in [0.3, 0.4) is 0 Å². The Morgan fingerprint density at radius 3 is 2.96 bits per heavy atom. The molecule has 0 aromatic carbocycles. The van der Waals surface area contributed by atoms with Gasteiger partial charge in [-0.1, -0.05) is 11.3 Å². The minimum absolute atomic E-state index is 0.521. The summed E-state index contributed by atoms with van der Waals surface area (Å²) in [6, 6.07) is 2.24. The van der Waals surface area contributed by atoms with Crippen LogP contribution >= 0.6 is 11.3 Å². The van der Waals surface area contributed by atoms with Gasteiger partial charge in [0, 0.05) is 32.7 Å². The molecule has 0 unspecified atom stereocenters. The van der Waals surface area contributed by atoms with Crippen LogP contribution in [0.1, 0.15) is 29.1 Å². The number of aryl methyl sites for hydroxylation is 2. The van der Waals surface area contributed by atoms with Gasteiger partial charge in [0.25, 0.3) is 0 Å². The molecule has 1 saturated heterocycles. The van der Waals surface area contributed by atoms with E-state index in [0.29, 0.717) is 12.5 Å². The molecule has 1 N–H and O–H groups in total. The molecule has 128 valence electrons. The summed E-state index contributed by atoms with van der Waals surface area (Å²) >= 11 is 1.55. The lowest BCUT2D eigenvalue weighted by Crippen LogP contribution is -2.50. The van der Waals surface area contributed by atoms with E-state index in [2.05, 4.69) is 36.7 Å². The highest BCUT2D eigenvalue weighted by molar-refractivity contribution is 7.15. The minimum atomic E-state index is 0.521. The molecule has 8 heteroatoms. The first-order chi connectivity index (χ1) is 11.8. The second kappa shape index (κ2) is 6.98.